The Morgan fingerprint density at radius 1 is 1.41 bits per heavy atom. The molecule has 94 valence electrons. The van der Waals surface area contributed by atoms with Gasteiger partial charge in [0.2, 0.25) is 0 Å². The van der Waals surface area contributed by atoms with Crippen molar-refractivity contribution in [3.05, 3.63) is 23.0 Å². The Balaban J connectivity index is 2.81. The highest BCUT2D eigenvalue weighted by molar-refractivity contribution is 5.82. The smallest absolute Gasteiger partial charge is 0.164 e. The average Bonchev–Trinajstić information content (AvgIpc) is 2.31. The number of carbonyl (C=O) groups excluding carboxylic acids is 1. The quantitative estimate of drug-likeness (QED) is 0.757. The Morgan fingerprint density at radius 2 is 2.12 bits per heavy atom. The van der Waals surface area contributed by atoms with Crippen molar-refractivity contribution >= 4 is 5.78 Å². The molecule has 0 atom stereocenters. The van der Waals surface area contributed by atoms with Crippen molar-refractivity contribution in [2.75, 3.05) is 20.3 Å². The van der Waals surface area contributed by atoms with Gasteiger partial charge in [-0.15, -0.1) is 0 Å². The molecule has 0 amide bonds. The highest BCUT2D eigenvalue weighted by Gasteiger charge is 2.12. The number of aromatic nitrogens is 1. The van der Waals surface area contributed by atoms with Crippen LogP contribution in [0.1, 0.15) is 23.7 Å². The molecule has 0 spiro atoms. The number of aryl methyl sites for hydroxylation is 1. The van der Waals surface area contributed by atoms with Gasteiger partial charge >= 0.3 is 0 Å². The molecule has 0 N–H and O–H groups in total. The van der Waals surface area contributed by atoms with E-state index in [0.717, 1.165) is 22.6 Å². The number of rotatable bonds is 6. The van der Waals surface area contributed by atoms with Crippen LogP contribution in [0.15, 0.2) is 6.20 Å². The van der Waals surface area contributed by atoms with Gasteiger partial charge in [0.1, 0.15) is 12.4 Å². The van der Waals surface area contributed by atoms with Crippen LogP contribution in [0.4, 0.5) is 0 Å². The second kappa shape index (κ2) is 6.35. The number of Topliss-reactive ketones (excluding diaryl/α,β-unsaturated/α-hetero) is 1. The van der Waals surface area contributed by atoms with Crippen LogP contribution in [-0.2, 0) is 16.0 Å². The molecule has 0 saturated carbocycles. The molecular weight excluding hydrogens is 218 g/mol. The van der Waals surface area contributed by atoms with Crippen molar-refractivity contribution in [3.8, 4) is 5.75 Å². The molecule has 0 aliphatic rings. The third-order valence-electron chi connectivity index (χ3n) is 2.58. The first-order valence-electron chi connectivity index (χ1n) is 5.68. The number of ether oxygens (including phenoxy) is 2. The molecule has 1 heterocycles. The van der Waals surface area contributed by atoms with Gasteiger partial charge in [-0.3, -0.25) is 9.78 Å². The number of carbonyl (C=O) groups is 1. The molecule has 0 fully saturated rings. The molecule has 0 aliphatic carbocycles. The SMILES string of the molecule is CCOCC(=O)Cc1ncc(C)c(OC)c1C. The van der Waals surface area contributed by atoms with Crippen molar-refractivity contribution in [1.29, 1.82) is 0 Å². The van der Waals surface area contributed by atoms with Crippen molar-refractivity contribution in [2.45, 2.75) is 27.2 Å². The van der Waals surface area contributed by atoms with Gasteiger partial charge in [0.25, 0.3) is 0 Å². The largest absolute Gasteiger partial charge is 0.496 e. The summed E-state index contributed by atoms with van der Waals surface area (Å²) < 4.78 is 10.4. The molecule has 0 radical (unpaired) electrons. The molecule has 4 nitrogen and oxygen atoms in total. The summed E-state index contributed by atoms with van der Waals surface area (Å²) in [6.07, 6.45) is 2.03. The predicted molar refractivity (Wildman–Crippen MR) is 65.5 cm³/mol. The van der Waals surface area contributed by atoms with Crippen LogP contribution in [0.25, 0.3) is 0 Å². The van der Waals surface area contributed by atoms with Crippen LogP contribution < -0.4 is 4.74 Å². The Hall–Kier alpha value is -1.42. The lowest BCUT2D eigenvalue weighted by molar-refractivity contribution is -0.122. The molecule has 1 aromatic heterocycles. The van der Waals surface area contributed by atoms with Crippen molar-refractivity contribution < 1.29 is 14.3 Å². The minimum Gasteiger partial charge on any atom is -0.496 e. The van der Waals surface area contributed by atoms with Crippen LogP contribution in [0.3, 0.4) is 0 Å². The molecule has 0 aliphatic heterocycles. The van der Waals surface area contributed by atoms with E-state index in [1.54, 1.807) is 13.3 Å². The summed E-state index contributed by atoms with van der Waals surface area (Å²) >= 11 is 0. The number of pyridine rings is 1. The van der Waals surface area contributed by atoms with Gasteiger partial charge in [0.15, 0.2) is 5.78 Å². The van der Waals surface area contributed by atoms with E-state index in [4.69, 9.17) is 9.47 Å². The van der Waals surface area contributed by atoms with Gasteiger partial charge in [0, 0.05) is 23.9 Å². The third-order valence-corrected chi connectivity index (χ3v) is 2.58. The van der Waals surface area contributed by atoms with Crippen molar-refractivity contribution in [1.82, 2.24) is 4.98 Å². The second-order valence-corrected chi connectivity index (χ2v) is 3.90. The molecule has 0 saturated heterocycles. The minimum absolute atomic E-state index is 0.0355. The topological polar surface area (TPSA) is 48.4 Å². The van der Waals surface area contributed by atoms with E-state index in [9.17, 15) is 4.79 Å². The summed E-state index contributed by atoms with van der Waals surface area (Å²) in [7, 11) is 1.63. The van der Waals surface area contributed by atoms with E-state index < -0.39 is 0 Å². The lowest BCUT2D eigenvalue weighted by Crippen LogP contribution is -2.13. The van der Waals surface area contributed by atoms with Gasteiger partial charge in [-0.05, 0) is 20.8 Å². The van der Waals surface area contributed by atoms with Crippen molar-refractivity contribution in [2.24, 2.45) is 0 Å². The van der Waals surface area contributed by atoms with Gasteiger partial charge in [-0.25, -0.2) is 0 Å². The van der Waals surface area contributed by atoms with E-state index >= 15 is 0 Å². The van der Waals surface area contributed by atoms with Gasteiger partial charge < -0.3 is 9.47 Å². The molecule has 1 rings (SSSR count). The monoisotopic (exact) mass is 237 g/mol. The summed E-state index contributed by atoms with van der Waals surface area (Å²) in [5, 5.41) is 0. The van der Waals surface area contributed by atoms with Gasteiger partial charge in [0.05, 0.1) is 19.2 Å². The minimum atomic E-state index is 0.0355. The first-order valence-corrected chi connectivity index (χ1v) is 5.68. The summed E-state index contributed by atoms with van der Waals surface area (Å²) in [5.41, 5.74) is 2.67. The van der Waals surface area contributed by atoms with E-state index in [0.29, 0.717) is 13.0 Å². The van der Waals surface area contributed by atoms with Gasteiger partial charge in [-0.1, -0.05) is 0 Å². The van der Waals surface area contributed by atoms with E-state index in [-0.39, 0.29) is 12.4 Å². The summed E-state index contributed by atoms with van der Waals surface area (Å²) in [6, 6.07) is 0. The number of hydrogen-bond acceptors (Lipinski definition) is 4. The first kappa shape index (κ1) is 13.6. The van der Waals surface area contributed by atoms with E-state index in [1.165, 1.54) is 0 Å². The zero-order valence-electron chi connectivity index (χ0n) is 10.9. The standard InChI is InChI=1S/C13H19NO3/c1-5-17-8-11(15)6-12-10(3)13(16-4)9(2)7-14-12/h7H,5-6,8H2,1-4H3. The highest BCUT2D eigenvalue weighted by atomic mass is 16.5. The molecule has 0 bridgehead atoms. The molecular formula is C13H19NO3. The maximum Gasteiger partial charge on any atom is 0.164 e. The van der Waals surface area contributed by atoms with E-state index in [2.05, 4.69) is 4.98 Å². The first-order chi connectivity index (χ1) is 8.10. The Kier molecular flexibility index (Phi) is 5.10. The number of hydrogen-bond donors (Lipinski definition) is 0. The lowest BCUT2D eigenvalue weighted by atomic mass is 10.1. The Bertz CT molecular complexity index is 402. The number of ketones is 1. The third kappa shape index (κ3) is 3.53. The molecule has 0 aromatic carbocycles. The van der Waals surface area contributed by atoms with Crippen LogP contribution in [-0.4, -0.2) is 31.1 Å². The predicted octanol–water partition coefficient (Wildman–Crippen LogP) is 1.86. The fourth-order valence-electron chi connectivity index (χ4n) is 1.70. The maximum absolute atomic E-state index is 11.6. The Morgan fingerprint density at radius 3 is 2.71 bits per heavy atom. The fourth-order valence-corrected chi connectivity index (χ4v) is 1.70. The van der Waals surface area contributed by atoms with Crippen LogP contribution in [0.2, 0.25) is 0 Å². The normalized spacial score (nSPS) is 10.4. The zero-order chi connectivity index (χ0) is 12.8. The second-order valence-electron chi connectivity index (χ2n) is 3.90. The van der Waals surface area contributed by atoms with Crippen molar-refractivity contribution in [3.63, 3.8) is 0 Å². The average molecular weight is 237 g/mol. The molecule has 1 aromatic rings. The van der Waals surface area contributed by atoms with Gasteiger partial charge in [-0.2, -0.15) is 0 Å². The molecule has 0 unspecified atom stereocenters. The summed E-state index contributed by atoms with van der Waals surface area (Å²) in [6.45, 7) is 6.42. The van der Waals surface area contributed by atoms with Crippen LogP contribution in [0.5, 0.6) is 5.75 Å². The fraction of sp³-hybridized carbons (Fsp3) is 0.538. The maximum atomic E-state index is 11.6. The van der Waals surface area contributed by atoms with Crippen LogP contribution in [0, 0.1) is 13.8 Å². The molecule has 4 heteroatoms. The molecule has 17 heavy (non-hydrogen) atoms. The number of nitrogens with zero attached hydrogens (tertiary/aromatic N) is 1. The lowest BCUT2D eigenvalue weighted by Gasteiger charge is -2.11. The summed E-state index contributed by atoms with van der Waals surface area (Å²) in [4.78, 5) is 15.9. The highest BCUT2D eigenvalue weighted by Crippen LogP contribution is 2.24. The summed E-state index contributed by atoms with van der Waals surface area (Å²) in [5.74, 6) is 0.840. The van der Waals surface area contributed by atoms with Crippen LogP contribution >= 0.6 is 0 Å². The number of methoxy groups -OCH3 is 1. The Labute approximate surface area is 102 Å². The van der Waals surface area contributed by atoms with E-state index in [1.807, 2.05) is 20.8 Å². The zero-order valence-corrected chi connectivity index (χ0v) is 10.9.